The Kier molecular flexibility index (Phi) is 3.77. The minimum atomic E-state index is 0.605. The number of methoxy groups -OCH3 is 1. The normalized spacial score (nSPS) is 10.2. The van der Waals surface area contributed by atoms with Gasteiger partial charge in [-0.1, -0.05) is 18.2 Å². The highest BCUT2D eigenvalue weighted by Crippen LogP contribution is 2.34. The molecule has 2 rings (SSSR count). The van der Waals surface area contributed by atoms with Crippen molar-refractivity contribution in [2.45, 2.75) is 6.92 Å². The molecule has 0 fully saturated rings. The van der Waals surface area contributed by atoms with Gasteiger partial charge in [0.25, 0.3) is 0 Å². The molecule has 0 amide bonds. The summed E-state index contributed by atoms with van der Waals surface area (Å²) < 4.78 is 6.24. The lowest BCUT2D eigenvalue weighted by Gasteiger charge is -2.14. The maximum absolute atomic E-state index is 6.03. The average molecular weight is 307 g/mol. The number of halogens is 1. The van der Waals surface area contributed by atoms with Gasteiger partial charge in [0.2, 0.25) is 0 Å². The Morgan fingerprint density at radius 3 is 2.50 bits per heavy atom. The maximum Gasteiger partial charge on any atom is 0.143 e. The standard InChI is InChI=1S/C14H15BrN2O/c1-9-5-3-6-10(13(9)15)17-11-7-4-8-12(18-2)14(11)16/h3-8,17H,16H2,1-2H3. The predicted octanol–water partition coefficient (Wildman–Crippen LogP) is 4.09. The van der Waals surface area contributed by atoms with Crippen molar-refractivity contribution in [1.29, 1.82) is 0 Å². The fraction of sp³-hybridized carbons (Fsp3) is 0.143. The number of hydrogen-bond acceptors (Lipinski definition) is 3. The van der Waals surface area contributed by atoms with Gasteiger partial charge >= 0.3 is 0 Å². The minimum Gasteiger partial charge on any atom is -0.495 e. The van der Waals surface area contributed by atoms with E-state index < -0.39 is 0 Å². The summed E-state index contributed by atoms with van der Waals surface area (Å²) in [5.74, 6) is 0.670. The number of nitrogen functional groups attached to an aromatic ring is 1. The summed E-state index contributed by atoms with van der Waals surface area (Å²) in [6, 6.07) is 11.7. The molecule has 4 heteroatoms. The fourth-order valence-corrected chi connectivity index (χ4v) is 2.08. The number of hydrogen-bond donors (Lipinski definition) is 2. The lowest BCUT2D eigenvalue weighted by molar-refractivity contribution is 0.417. The van der Waals surface area contributed by atoms with Crippen LogP contribution in [0, 0.1) is 6.92 Å². The zero-order valence-corrected chi connectivity index (χ0v) is 11.9. The molecule has 0 spiro atoms. The largest absolute Gasteiger partial charge is 0.495 e. The summed E-state index contributed by atoms with van der Waals surface area (Å²) in [6.07, 6.45) is 0. The number of nitrogens with one attached hydrogen (secondary N) is 1. The lowest BCUT2D eigenvalue weighted by atomic mass is 10.2. The predicted molar refractivity (Wildman–Crippen MR) is 79.6 cm³/mol. The summed E-state index contributed by atoms with van der Waals surface area (Å²) in [6.45, 7) is 2.05. The van der Waals surface area contributed by atoms with Crippen LogP contribution in [0.5, 0.6) is 5.75 Å². The highest BCUT2D eigenvalue weighted by molar-refractivity contribution is 9.10. The van der Waals surface area contributed by atoms with Crippen LogP contribution in [0.25, 0.3) is 0 Å². The molecule has 2 aromatic carbocycles. The number of nitrogens with two attached hydrogens (primary N) is 1. The third-order valence-electron chi connectivity index (χ3n) is 2.75. The van der Waals surface area contributed by atoms with E-state index in [1.165, 1.54) is 5.56 Å². The first kappa shape index (κ1) is 12.8. The summed E-state index contributed by atoms with van der Waals surface area (Å²) >= 11 is 3.56. The van der Waals surface area contributed by atoms with Gasteiger partial charge < -0.3 is 15.8 Å². The number of ether oxygens (including phenoxy) is 1. The van der Waals surface area contributed by atoms with Crippen LogP contribution in [0.1, 0.15) is 5.56 Å². The molecule has 3 nitrogen and oxygen atoms in total. The molecule has 0 saturated carbocycles. The van der Waals surface area contributed by atoms with E-state index in [1.54, 1.807) is 7.11 Å². The van der Waals surface area contributed by atoms with E-state index in [1.807, 2.05) is 43.3 Å². The molecule has 0 unspecified atom stereocenters. The SMILES string of the molecule is COc1cccc(Nc2cccc(C)c2Br)c1N. The molecule has 0 aromatic heterocycles. The topological polar surface area (TPSA) is 47.3 Å². The van der Waals surface area contributed by atoms with Crippen LogP contribution in [0.4, 0.5) is 17.1 Å². The van der Waals surface area contributed by atoms with E-state index >= 15 is 0 Å². The van der Waals surface area contributed by atoms with Gasteiger partial charge in [-0.15, -0.1) is 0 Å². The number of benzene rings is 2. The Labute approximate surface area is 115 Å². The molecule has 94 valence electrons. The van der Waals surface area contributed by atoms with Gasteiger partial charge in [0.15, 0.2) is 0 Å². The Hall–Kier alpha value is -1.68. The highest BCUT2D eigenvalue weighted by atomic mass is 79.9. The van der Waals surface area contributed by atoms with E-state index in [-0.39, 0.29) is 0 Å². The first-order valence-corrected chi connectivity index (χ1v) is 6.37. The summed E-state index contributed by atoms with van der Waals surface area (Å²) in [4.78, 5) is 0. The average Bonchev–Trinajstić information content (AvgIpc) is 2.37. The molecule has 0 saturated heterocycles. The summed E-state index contributed by atoms with van der Waals surface area (Å²) in [5.41, 5.74) is 9.62. The third kappa shape index (κ3) is 2.43. The molecule has 0 heterocycles. The summed E-state index contributed by atoms with van der Waals surface area (Å²) in [7, 11) is 1.61. The second-order valence-corrected chi connectivity index (χ2v) is 4.78. The van der Waals surface area contributed by atoms with Gasteiger partial charge in [-0.3, -0.25) is 0 Å². The van der Waals surface area contributed by atoms with Gasteiger partial charge in [0.1, 0.15) is 5.75 Å². The smallest absolute Gasteiger partial charge is 0.143 e. The van der Waals surface area contributed by atoms with E-state index in [9.17, 15) is 0 Å². The van der Waals surface area contributed by atoms with Crippen LogP contribution >= 0.6 is 15.9 Å². The number of aryl methyl sites for hydroxylation is 1. The first-order chi connectivity index (χ1) is 8.63. The number of anilines is 3. The molecule has 0 bridgehead atoms. The van der Waals surface area contributed by atoms with Crippen LogP contribution in [0.15, 0.2) is 40.9 Å². The van der Waals surface area contributed by atoms with Crippen molar-refractivity contribution in [3.05, 3.63) is 46.4 Å². The van der Waals surface area contributed by atoms with Gasteiger partial charge in [-0.2, -0.15) is 0 Å². The molecular weight excluding hydrogens is 292 g/mol. The molecule has 18 heavy (non-hydrogen) atoms. The van der Waals surface area contributed by atoms with Gasteiger partial charge in [-0.05, 0) is 46.6 Å². The third-order valence-corrected chi connectivity index (χ3v) is 3.80. The molecular formula is C14H15BrN2O. The van der Waals surface area contributed by atoms with Crippen LogP contribution in [-0.2, 0) is 0 Å². The molecule has 0 aliphatic rings. The number of rotatable bonds is 3. The quantitative estimate of drug-likeness (QED) is 0.840. The Morgan fingerprint density at radius 1 is 1.11 bits per heavy atom. The van der Waals surface area contributed by atoms with Crippen LogP contribution in [0.3, 0.4) is 0 Å². The van der Waals surface area contributed by atoms with E-state index in [2.05, 4.69) is 21.2 Å². The Morgan fingerprint density at radius 2 is 1.78 bits per heavy atom. The van der Waals surface area contributed by atoms with Crippen LogP contribution in [0.2, 0.25) is 0 Å². The van der Waals surface area contributed by atoms with Crippen LogP contribution in [-0.4, -0.2) is 7.11 Å². The van der Waals surface area contributed by atoms with Crippen molar-refractivity contribution < 1.29 is 4.74 Å². The second kappa shape index (κ2) is 5.31. The van der Waals surface area contributed by atoms with E-state index in [0.717, 1.165) is 15.8 Å². The van der Waals surface area contributed by atoms with Crippen molar-refractivity contribution >= 4 is 33.0 Å². The van der Waals surface area contributed by atoms with Crippen molar-refractivity contribution in [2.24, 2.45) is 0 Å². The second-order valence-electron chi connectivity index (χ2n) is 3.98. The van der Waals surface area contributed by atoms with Gasteiger partial charge in [-0.25, -0.2) is 0 Å². The molecule has 0 aliphatic heterocycles. The first-order valence-electron chi connectivity index (χ1n) is 5.58. The monoisotopic (exact) mass is 306 g/mol. The van der Waals surface area contributed by atoms with Gasteiger partial charge in [0.05, 0.1) is 24.2 Å². The fourth-order valence-electron chi connectivity index (χ4n) is 1.72. The van der Waals surface area contributed by atoms with Crippen molar-refractivity contribution in [2.75, 3.05) is 18.2 Å². The zero-order valence-electron chi connectivity index (χ0n) is 10.3. The van der Waals surface area contributed by atoms with Crippen molar-refractivity contribution in [3.8, 4) is 5.75 Å². The molecule has 2 aromatic rings. The Balaban J connectivity index is 2.37. The number of para-hydroxylation sites is 1. The van der Waals surface area contributed by atoms with Crippen molar-refractivity contribution in [3.63, 3.8) is 0 Å². The molecule has 0 radical (unpaired) electrons. The molecule has 0 atom stereocenters. The highest BCUT2D eigenvalue weighted by Gasteiger charge is 2.07. The Bertz CT molecular complexity index is 570. The van der Waals surface area contributed by atoms with E-state index in [0.29, 0.717) is 11.4 Å². The van der Waals surface area contributed by atoms with E-state index in [4.69, 9.17) is 10.5 Å². The molecule has 3 N–H and O–H groups in total. The zero-order chi connectivity index (χ0) is 13.1. The van der Waals surface area contributed by atoms with Crippen LogP contribution < -0.4 is 15.8 Å². The molecule has 0 aliphatic carbocycles. The van der Waals surface area contributed by atoms with Gasteiger partial charge in [0, 0.05) is 4.47 Å². The minimum absolute atomic E-state index is 0.605. The maximum atomic E-state index is 6.03. The summed E-state index contributed by atoms with van der Waals surface area (Å²) in [5, 5.41) is 3.30. The van der Waals surface area contributed by atoms with Crippen molar-refractivity contribution in [1.82, 2.24) is 0 Å². The lowest BCUT2D eigenvalue weighted by Crippen LogP contribution is -1.99.